The first-order chi connectivity index (χ1) is 16.7. The Kier molecular flexibility index (Phi) is 8.70. The summed E-state index contributed by atoms with van der Waals surface area (Å²) in [4.78, 5) is 39.5. The second-order valence-corrected chi connectivity index (χ2v) is 12.0. The molecule has 0 aromatic heterocycles. The molecule has 1 heterocycles. The van der Waals surface area contributed by atoms with Crippen molar-refractivity contribution >= 4 is 24.8 Å². The molecule has 202 valence electrons. The Balaban J connectivity index is 1.65. The van der Waals surface area contributed by atoms with E-state index in [0.29, 0.717) is 37.0 Å². The molecule has 0 unspecified atom stereocenters. The van der Waals surface area contributed by atoms with Crippen LogP contribution in [0.5, 0.6) is 0 Å². The van der Waals surface area contributed by atoms with Gasteiger partial charge in [0.1, 0.15) is 5.78 Å². The van der Waals surface area contributed by atoms with Gasteiger partial charge in [-0.1, -0.05) is 33.1 Å². The molecule has 0 aromatic carbocycles. The molecule has 1 amide bonds. The topological polar surface area (TPSA) is 158 Å². The van der Waals surface area contributed by atoms with Gasteiger partial charge in [-0.15, -0.1) is 0 Å². The highest BCUT2D eigenvalue weighted by atomic mass is 16.7. The lowest BCUT2D eigenvalue weighted by atomic mass is 9.43. The molecule has 4 rings (SSSR count). The Morgan fingerprint density at radius 1 is 1.28 bits per heavy atom. The number of nitrogens with two attached hydrogens (primary N) is 1. The average molecular weight is 507 g/mol. The van der Waals surface area contributed by atoms with Gasteiger partial charge in [-0.05, 0) is 69.1 Å². The van der Waals surface area contributed by atoms with Gasteiger partial charge in [0, 0.05) is 18.9 Å². The van der Waals surface area contributed by atoms with Gasteiger partial charge in [-0.3, -0.25) is 4.79 Å². The summed E-state index contributed by atoms with van der Waals surface area (Å²) in [5.41, 5.74) is 7.09. The number of carbonyl (C=O) groups excluding carboxylic acids is 2. The summed E-state index contributed by atoms with van der Waals surface area (Å²) in [6, 6.07) is 0. The van der Waals surface area contributed by atoms with E-state index in [0.717, 1.165) is 12.8 Å². The van der Waals surface area contributed by atoms with Crippen molar-refractivity contribution in [2.75, 3.05) is 6.54 Å². The third-order valence-electron chi connectivity index (χ3n) is 8.45. The molecule has 2 bridgehead atoms. The Morgan fingerprint density at radius 2 is 1.97 bits per heavy atom. The van der Waals surface area contributed by atoms with Crippen LogP contribution in [0.1, 0.15) is 80.1 Å². The number of rotatable bonds is 12. The molecule has 4 fully saturated rings. The van der Waals surface area contributed by atoms with Gasteiger partial charge < -0.3 is 25.2 Å². The van der Waals surface area contributed by atoms with Crippen LogP contribution in [-0.2, 0) is 18.9 Å². The molecule has 6 atom stereocenters. The zero-order valence-electron chi connectivity index (χ0n) is 22.4. The molecular weight excluding hydrogens is 465 g/mol. The summed E-state index contributed by atoms with van der Waals surface area (Å²) in [7, 11) is -0.530. The van der Waals surface area contributed by atoms with Crippen LogP contribution >= 0.6 is 0 Å². The maximum Gasteiger partial charge on any atom is 0.481 e. The van der Waals surface area contributed by atoms with Crippen LogP contribution in [0, 0.1) is 39.2 Å². The second kappa shape index (κ2) is 11.0. The van der Waals surface area contributed by atoms with E-state index >= 15 is 0 Å². The van der Waals surface area contributed by atoms with Crippen LogP contribution < -0.4 is 16.5 Å². The highest BCUT2D eigenvalue weighted by Crippen LogP contribution is 2.65. The molecule has 4 aliphatic rings. The number of nitrogens with zero attached hydrogens (tertiary/aromatic N) is 2. The van der Waals surface area contributed by atoms with Crippen molar-refractivity contribution in [3.8, 4) is 0 Å². The molecule has 0 radical (unpaired) electrons. The zero-order valence-corrected chi connectivity index (χ0v) is 22.4. The summed E-state index contributed by atoms with van der Waals surface area (Å²) in [5.74, 6) is -0.0844. The minimum atomic E-state index is -0.784. The number of aliphatic imine (C=N–C) groups is 1. The molecule has 0 aromatic rings. The Labute approximate surface area is 214 Å². The largest absolute Gasteiger partial charge is 0.481 e. The minimum Gasteiger partial charge on any atom is -0.404 e. The number of hydrogen-bond acceptors (Lipinski definition) is 7. The fraction of sp³-hybridized carbons (Fsp3) is 0.875. The van der Waals surface area contributed by atoms with Gasteiger partial charge in [-0.25, -0.2) is 15.1 Å². The van der Waals surface area contributed by atoms with Crippen molar-refractivity contribution < 1.29 is 23.9 Å². The lowest BCUT2D eigenvalue weighted by Gasteiger charge is -2.64. The van der Waals surface area contributed by atoms with Crippen LogP contribution in [0.3, 0.4) is 0 Å². The number of guanidine groups is 1. The SMILES string of the molecule is CC(=O)C[C@@H](CCCN=C(N)N[N+](=O)[O-])C(=O)N[C@@H](CC(C)C)B1O[C@@H]2C[C@H]3C[C@H](C3(C)C)[C@]2(C)O1. The summed E-state index contributed by atoms with van der Waals surface area (Å²) in [6.07, 6.45) is 3.81. The Bertz CT molecular complexity index is 883. The van der Waals surface area contributed by atoms with E-state index in [2.05, 4.69) is 44.9 Å². The lowest BCUT2D eigenvalue weighted by molar-refractivity contribution is -0.525. The third-order valence-corrected chi connectivity index (χ3v) is 8.45. The highest BCUT2D eigenvalue weighted by Gasteiger charge is 2.68. The van der Waals surface area contributed by atoms with Gasteiger partial charge in [-0.2, -0.15) is 0 Å². The van der Waals surface area contributed by atoms with Crippen LogP contribution in [0.25, 0.3) is 0 Å². The zero-order chi connectivity index (χ0) is 26.8. The third kappa shape index (κ3) is 6.19. The van der Waals surface area contributed by atoms with Gasteiger partial charge in [0.2, 0.25) is 5.91 Å². The fourth-order valence-electron chi connectivity index (χ4n) is 6.46. The van der Waals surface area contributed by atoms with Crippen molar-refractivity contribution in [3.63, 3.8) is 0 Å². The number of nitro groups is 1. The normalized spacial score (nSPS) is 30.2. The van der Waals surface area contributed by atoms with Gasteiger partial charge in [0.05, 0.1) is 17.6 Å². The van der Waals surface area contributed by atoms with E-state index < -0.39 is 18.1 Å². The van der Waals surface area contributed by atoms with Gasteiger partial charge >= 0.3 is 7.12 Å². The molecule has 36 heavy (non-hydrogen) atoms. The number of amides is 1. The quantitative estimate of drug-likeness (QED) is 0.0906. The monoisotopic (exact) mass is 507 g/mol. The van der Waals surface area contributed by atoms with Crippen molar-refractivity contribution in [2.24, 2.45) is 39.8 Å². The molecule has 0 spiro atoms. The van der Waals surface area contributed by atoms with E-state index in [-0.39, 0.29) is 53.7 Å². The first-order valence-corrected chi connectivity index (χ1v) is 13.1. The molecule has 12 heteroatoms. The van der Waals surface area contributed by atoms with Gasteiger partial charge in [0.15, 0.2) is 5.03 Å². The minimum absolute atomic E-state index is 0.0231. The average Bonchev–Trinajstić information content (AvgIpc) is 3.11. The number of hydrazine groups is 1. The van der Waals surface area contributed by atoms with Crippen LogP contribution in [0.2, 0.25) is 0 Å². The van der Waals surface area contributed by atoms with Crippen molar-refractivity contribution in [1.82, 2.24) is 10.7 Å². The summed E-state index contributed by atoms with van der Waals surface area (Å²) in [5, 5.41) is 12.8. The number of ketones is 1. The van der Waals surface area contributed by atoms with E-state index in [1.807, 2.05) is 0 Å². The predicted octanol–water partition coefficient (Wildman–Crippen LogP) is 2.26. The molecule has 3 saturated carbocycles. The van der Waals surface area contributed by atoms with Crippen LogP contribution in [0.4, 0.5) is 0 Å². The van der Waals surface area contributed by atoms with Crippen LogP contribution in [-0.4, -0.2) is 54.0 Å². The van der Waals surface area contributed by atoms with Crippen LogP contribution in [0.15, 0.2) is 4.99 Å². The second-order valence-electron chi connectivity index (χ2n) is 12.0. The summed E-state index contributed by atoms with van der Waals surface area (Å²) < 4.78 is 13.1. The van der Waals surface area contributed by atoms with Crippen molar-refractivity contribution in [2.45, 2.75) is 97.7 Å². The Morgan fingerprint density at radius 3 is 2.56 bits per heavy atom. The predicted molar refractivity (Wildman–Crippen MR) is 136 cm³/mol. The van der Waals surface area contributed by atoms with E-state index in [1.165, 1.54) is 6.92 Å². The summed E-state index contributed by atoms with van der Waals surface area (Å²) >= 11 is 0. The lowest BCUT2D eigenvalue weighted by Crippen LogP contribution is -2.65. The van der Waals surface area contributed by atoms with Crippen molar-refractivity contribution in [3.05, 3.63) is 10.1 Å². The molecule has 1 saturated heterocycles. The molecular formula is C24H42BN5O6. The maximum absolute atomic E-state index is 13.3. The molecule has 1 aliphatic heterocycles. The number of carbonyl (C=O) groups is 2. The molecule has 3 aliphatic carbocycles. The smallest absolute Gasteiger partial charge is 0.404 e. The molecule has 11 nitrogen and oxygen atoms in total. The van der Waals surface area contributed by atoms with Gasteiger partial charge in [0.25, 0.3) is 5.96 Å². The first kappa shape index (κ1) is 28.4. The standard InChI is InChI=1S/C24H42BN5O6/c1-14(2)10-20(25-35-19-13-17-12-18(23(17,4)5)24(19,6)36-25)28-21(32)16(11-15(3)31)8-7-9-27-22(26)29-30(33)34/h14,16-20H,7-13H2,1-6H3,(H,28,32)(H3,26,27,29)/t16-,17-,18-,19-,20+,24+/m1/s1. The Hall–Kier alpha value is -2.21. The van der Waals surface area contributed by atoms with E-state index in [9.17, 15) is 19.7 Å². The van der Waals surface area contributed by atoms with Crippen molar-refractivity contribution in [1.29, 1.82) is 0 Å². The van der Waals surface area contributed by atoms with E-state index in [4.69, 9.17) is 15.0 Å². The number of nitrogens with one attached hydrogen (secondary N) is 2. The highest BCUT2D eigenvalue weighted by molar-refractivity contribution is 6.47. The number of hydrogen-bond donors (Lipinski definition) is 3. The number of Topliss-reactive ketones (excluding diaryl/α,β-unsaturated/α-hetero) is 1. The summed E-state index contributed by atoms with van der Waals surface area (Å²) in [6.45, 7) is 12.6. The maximum atomic E-state index is 13.3. The van der Waals surface area contributed by atoms with E-state index in [1.54, 1.807) is 5.43 Å². The first-order valence-electron chi connectivity index (χ1n) is 13.1. The fourth-order valence-corrected chi connectivity index (χ4v) is 6.46. The molecule has 4 N–H and O–H groups in total.